The van der Waals surface area contributed by atoms with E-state index in [0.717, 1.165) is 11.1 Å². The first kappa shape index (κ1) is 27.3. The van der Waals surface area contributed by atoms with E-state index >= 15 is 0 Å². The Morgan fingerprint density at radius 1 is 0.950 bits per heavy atom. The second-order valence-electron chi connectivity index (χ2n) is 9.68. The standard InChI is InChI=1S/C30H29F3N4O3/c1-39-26-14-21-13-24(28(20-11-7-4-8-12-20)34-23(21)15-27(26)40-2)35-29(38)36-25-17-37(18-30(31,32)33)16-22(25)19-9-5-3-6-10-19/h3-15,22,25H,16-18H2,1-2H3,(H2,35,36,38)/t22-,25+/m1/s1. The fourth-order valence-corrected chi connectivity index (χ4v) is 5.19. The zero-order chi connectivity index (χ0) is 28.3. The molecule has 1 aliphatic rings. The number of nitrogens with zero attached hydrogens (tertiary/aromatic N) is 2. The third kappa shape index (κ3) is 6.12. The summed E-state index contributed by atoms with van der Waals surface area (Å²) in [5.74, 6) is 0.743. The zero-order valence-electron chi connectivity index (χ0n) is 22.0. The molecule has 2 heterocycles. The Kier molecular flexibility index (Phi) is 7.79. The van der Waals surface area contributed by atoms with Crippen molar-refractivity contribution < 1.29 is 27.4 Å². The summed E-state index contributed by atoms with van der Waals surface area (Å²) in [6.45, 7) is -0.776. The van der Waals surface area contributed by atoms with Gasteiger partial charge in [0.2, 0.25) is 0 Å². The Bertz CT molecular complexity index is 1480. The number of methoxy groups -OCH3 is 2. The van der Waals surface area contributed by atoms with E-state index in [0.29, 0.717) is 33.8 Å². The van der Waals surface area contributed by atoms with Crippen LogP contribution in [-0.4, -0.2) is 62.0 Å². The van der Waals surface area contributed by atoms with E-state index in [1.165, 1.54) is 12.0 Å². The van der Waals surface area contributed by atoms with Crippen molar-refractivity contribution in [2.45, 2.75) is 18.1 Å². The molecule has 0 bridgehead atoms. The van der Waals surface area contributed by atoms with Gasteiger partial charge in [-0.05, 0) is 17.7 Å². The Morgan fingerprint density at radius 3 is 2.25 bits per heavy atom. The van der Waals surface area contributed by atoms with Crippen LogP contribution in [0.2, 0.25) is 0 Å². The first-order chi connectivity index (χ1) is 19.2. The van der Waals surface area contributed by atoms with Crippen LogP contribution < -0.4 is 20.1 Å². The molecule has 0 radical (unpaired) electrons. The predicted molar refractivity (Wildman–Crippen MR) is 148 cm³/mol. The highest BCUT2D eigenvalue weighted by molar-refractivity contribution is 5.98. The molecule has 3 aromatic carbocycles. The maximum atomic E-state index is 13.3. The molecule has 1 aliphatic heterocycles. The van der Waals surface area contributed by atoms with Crippen LogP contribution in [0.1, 0.15) is 11.5 Å². The van der Waals surface area contributed by atoms with Gasteiger partial charge in [0.1, 0.15) is 0 Å². The van der Waals surface area contributed by atoms with Gasteiger partial charge in [0.05, 0.1) is 43.7 Å². The first-order valence-electron chi connectivity index (χ1n) is 12.8. The number of aromatic nitrogens is 1. The number of rotatable bonds is 7. The molecule has 40 heavy (non-hydrogen) atoms. The zero-order valence-corrected chi connectivity index (χ0v) is 22.0. The molecule has 2 atom stereocenters. The number of hydrogen-bond donors (Lipinski definition) is 2. The number of carbonyl (C=O) groups excluding carboxylic acids is 1. The molecule has 0 aliphatic carbocycles. The average molecular weight is 551 g/mol. The number of fused-ring (bicyclic) bond motifs is 1. The third-order valence-electron chi connectivity index (χ3n) is 6.96. The molecule has 1 fully saturated rings. The van der Waals surface area contributed by atoms with Gasteiger partial charge in [-0.25, -0.2) is 9.78 Å². The second-order valence-corrected chi connectivity index (χ2v) is 9.68. The number of hydrogen-bond acceptors (Lipinski definition) is 5. The van der Waals surface area contributed by atoms with Crippen LogP contribution in [0.4, 0.5) is 23.7 Å². The van der Waals surface area contributed by atoms with Gasteiger partial charge in [-0.3, -0.25) is 4.90 Å². The monoisotopic (exact) mass is 550 g/mol. The summed E-state index contributed by atoms with van der Waals surface area (Å²) < 4.78 is 50.4. The van der Waals surface area contributed by atoms with Gasteiger partial charge in [-0.2, -0.15) is 13.2 Å². The summed E-state index contributed by atoms with van der Waals surface area (Å²) in [6.07, 6.45) is -4.33. The van der Waals surface area contributed by atoms with E-state index in [2.05, 4.69) is 10.6 Å². The summed E-state index contributed by atoms with van der Waals surface area (Å²) in [5.41, 5.74) is 3.29. The van der Waals surface area contributed by atoms with Gasteiger partial charge in [0.15, 0.2) is 11.5 Å². The van der Waals surface area contributed by atoms with Gasteiger partial charge < -0.3 is 20.1 Å². The molecular formula is C30H29F3N4O3. The van der Waals surface area contributed by atoms with E-state index in [-0.39, 0.29) is 19.0 Å². The van der Waals surface area contributed by atoms with Crippen molar-refractivity contribution in [1.82, 2.24) is 15.2 Å². The number of halogens is 3. The van der Waals surface area contributed by atoms with Gasteiger partial charge in [-0.1, -0.05) is 60.7 Å². The van der Waals surface area contributed by atoms with Gasteiger partial charge in [-0.15, -0.1) is 0 Å². The lowest BCUT2D eigenvalue weighted by molar-refractivity contribution is -0.143. The van der Waals surface area contributed by atoms with Crippen LogP contribution in [0.3, 0.4) is 0 Å². The van der Waals surface area contributed by atoms with Crippen molar-refractivity contribution in [3.8, 4) is 22.8 Å². The molecule has 1 saturated heterocycles. The van der Waals surface area contributed by atoms with Gasteiger partial charge >= 0.3 is 12.2 Å². The first-order valence-corrected chi connectivity index (χ1v) is 12.8. The molecule has 1 aromatic heterocycles. The summed E-state index contributed by atoms with van der Waals surface area (Å²) in [7, 11) is 3.08. The second kappa shape index (κ2) is 11.4. The minimum Gasteiger partial charge on any atom is -0.493 e. The van der Waals surface area contributed by atoms with Crippen molar-refractivity contribution in [2.24, 2.45) is 0 Å². The fraction of sp³-hybridized carbons (Fsp3) is 0.267. The van der Waals surface area contributed by atoms with Crippen LogP contribution in [0.5, 0.6) is 11.5 Å². The number of nitrogens with one attached hydrogen (secondary N) is 2. The van der Waals surface area contributed by atoms with E-state index in [9.17, 15) is 18.0 Å². The van der Waals surface area contributed by atoms with E-state index < -0.39 is 24.8 Å². The van der Waals surface area contributed by atoms with E-state index in [1.807, 2.05) is 60.7 Å². The molecule has 5 rings (SSSR count). The van der Waals surface area contributed by atoms with E-state index in [4.69, 9.17) is 14.5 Å². The SMILES string of the molecule is COc1cc2cc(NC(=O)N[C@H]3CN(CC(F)(F)F)C[C@@H]3c3ccccc3)c(-c3ccccc3)nc2cc1OC. The van der Waals surface area contributed by atoms with Gasteiger partial charge in [0.25, 0.3) is 0 Å². The summed E-state index contributed by atoms with van der Waals surface area (Å²) in [5, 5.41) is 6.55. The van der Waals surface area contributed by atoms with Gasteiger partial charge in [0, 0.05) is 36.0 Å². The molecule has 7 nitrogen and oxygen atoms in total. The number of likely N-dealkylation sites (tertiary alicyclic amines) is 1. The molecule has 0 saturated carbocycles. The number of alkyl halides is 3. The van der Waals surface area contributed by atoms with Crippen LogP contribution in [0, 0.1) is 0 Å². The highest BCUT2D eigenvalue weighted by Gasteiger charge is 2.40. The van der Waals surface area contributed by atoms with Crippen molar-refractivity contribution in [3.05, 3.63) is 84.4 Å². The molecular weight excluding hydrogens is 521 g/mol. The highest BCUT2D eigenvalue weighted by Crippen LogP contribution is 2.36. The number of carbonyl (C=O) groups is 1. The van der Waals surface area contributed by atoms with Crippen LogP contribution in [-0.2, 0) is 0 Å². The lowest BCUT2D eigenvalue weighted by Crippen LogP contribution is -2.43. The highest BCUT2D eigenvalue weighted by atomic mass is 19.4. The Balaban J connectivity index is 1.45. The van der Waals surface area contributed by atoms with Crippen LogP contribution in [0.25, 0.3) is 22.2 Å². The minimum atomic E-state index is -4.33. The van der Waals surface area contributed by atoms with Crippen molar-refractivity contribution in [2.75, 3.05) is 39.2 Å². The average Bonchev–Trinajstić information content (AvgIpc) is 3.32. The van der Waals surface area contributed by atoms with Crippen LogP contribution >= 0.6 is 0 Å². The molecule has 2 amide bonds. The molecule has 4 aromatic rings. The molecule has 2 N–H and O–H groups in total. The molecule has 0 spiro atoms. The summed E-state index contributed by atoms with van der Waals surface area (Å²) in [6, 6.07) is 23.0. The summed E-state index contributed by atoms with van der Waals surface area (Å²) >= 11 is 0. The molecule has 208 valence electrons. The Labute approximate surface area is 229 Å². The van der Waals surface area contributed by atoms with Crippen LogP contribution in [0.15, 0.2) is 78.9 Å². The molecule has 10 heteroatoms. The lowest BCUT2D eigenvalue weighted by Gasteiger charge is -2.21. The number of amides is 2. The van der Waals surface area contributed by atoms with E-state index in [1.54, 1.807) is 25.3 Å². The Hall–Kier alpha value is -4.31. The number of benzene rings is 3. The fourth-order valence-electron chi connectivity index (χ4n) is 5.19. The number of urea groups is 1. The van der Waals surface area contributed by atoms with Crippen molar-refractivity contribution >= 4 is 22.6 Å². The molecule has 0 unspecified atom stereocenters. The Morgan fingerprint density at radius 2 is 1.60 bits per heavy atom. The smallest absolute Gasteiger partial charge is 0.401 e. The summed E-state index contributed by atoms with van der Waals surface area (Å²) in [4.78, 5) is 19.5. The number of ether oxygens (including phenoxy) is 2. The topological polar surface area (TPSA) is 75.7 Å². The maximum absolute atomic E-state index is 13.3. The van der Waals surface area contributed by atoms with Crippen molar-refractivity contribution in [1.29, 1.82) is 0 Å². The maximum Gasteiger partial charge on any atom is 0.401 e. The number of pyridine rings is 1. The van der Waals surface area contributed by atoms with Crippen molar-refractivity contribution in [3.63, 3.8) is 0 Å². The third-order valence-corrected chi connectivity index (χ3v) is 6.96. The number of anilines is 1. The lowest BCUT2D eigenvalue weighted by atomic mass is 9.94. The normalized spacial score (nSPS) is 17.5. The quantitative estimate of drug-likeness (QED) is 0.292. The predicted octanol–water partition coefficient (Wildman–Crippen LogP) is 6.07. The minimum absolute atomic E-state index is 0.0744. The largest absolute Gasteiger partial charge is 0.493 e.